The molecule has 4 heteroatoms. The standard InChI is InChI=1S/C10H12BrN3/c11-8-3-1-7(2-4-8)10(12)14-13-9-5-6-9/h1-4,9,13H,5-6H2,(H2,12,14). The van der Waals surface area contributed by atoms with Gasteiger partial charge in [0.05, 0.1) is 0 Å². The number of nitrogens with one attached hydrogen (secondary N) is 3. The van der Waals surface area contributed by atoms with E-state index in [-0.39, 0.29) is 0 Å². The Labute approximate surface area is 91.5 Å². The zero-order chi connectivity index (χ0) is 9.97. The van der Waals surface area contributed by atoms with Crippen LogP contribution in [0.5, 0.6) is 0 Å². The van der Waals surface area contributed by atoms with Gasteiger partial charge in [0, 0.05) is 16.1 Å². The van der Waals surface area contributed by atoms with E-state index in [0.29, 0.717) is 11.9 Å². The molecule has 0 bridgehead atoms. The number of rotatable bonds is 3. The van der Waals surface area contributed by atoms with Gasteiger partial charge in [0.25, 0.3) is 0 Å². The first-order chi connectivity index (χ1) is 6.75. The van der Waals surface area contributed by atoms with Gasteiger partial charge in [-0.25, -0.2) is 5.43 Å². The molecule has 0 aliphatic heterocycles. The molecule has 1 aliphatic rings. The third-order valence-corrected chi connectivity index (χ3v) is 2.64. The van der Waals surface area contributed by atoms with E-state index < -0.39 is 0 Å². The smallest absolute Gasteiger partial charge is 0.139 e. The van der Waals surface area contributed by atoms with Crippen LogP contribution in [0.2, 0.25) is 0 Å². The Kier molecular flexibility index (Phi) is 2.84. The predicted octanol–water partition coefficient (Wildman–Crippen LogP) is 2.03. The zero-order valence-corrected chi connectivity index (χ0v) is 9.26. The quantitative estimate of drug-likeness (QED) is 0.439. The van der Waals surface area contributed by atoms with Gasteiger partial charge in [-0.3, -0.25) is 5.41 Å². The van der Waals surface area contributed by atoms with Crippen molar-refractivity contribution in [3.05, 3.63) is 34.3 Å². The molecule has 0 radical (unpaired) electrons. The van der Waals surface area contributed by atoms with Crippen molar-refractivity contribution in [3.8, 4) is 0 Å². The second-order valence-corrected chi connectivity index (χ2v) is 4.34. The summed E-state index contributed by atoms with van der Waals surface area (Å²) in [5.74, 6) is 0.421. The summed E-state index contributed by atoms with van der Waals surface area (Å²) >= 11 is 3.36. The van der Waals surface area contributed by atoms with Gasteiger partial charge >= 0.3 is 0 Å². The van der Waals surface area contributed by atoms with Gasteiger partial charge in [0.1, 0.15) is 5.84 Å². The van der Waals surface area contributed by atoms with Crippen LogP contribution in [-0.4, -0.2) is 11.9 Å². The predicted molar refractivity (Wildman–Crippen MR) is 60.3 cm³/mol. The molecule has 0 atom stereocenters. The molecule has 74 valence electrons. The Morgan fingerprint density at radius 1 is 1.29 bits per heavy atom. The van der Waals surface area contributed by atoms with Crippen LogP contribution >= 0.6 is 15.9 Å². The summed E-state index contributed by atoms with van der Waals surface area (Å²) in [6.07, 6.45) is 2.42. The van der Waals surface area contributed by atoms with E-state index >= 15 is 0 Å². The summed E-state index contributed by atoms with van der Waals surface area (Å²) in [6, 6.07) is 8.25. The minimum Gasteiger partial charge on any atom is -0.306 e. The SMILES string of the molecule is N=C(NNC1CC1)c1ccc(Br)cc1. The molecule has 1 saturated carbocycles. The maximum absolute atomic E-state index is 7.73. The van der Waals surface area contributed by atoms with Crippen LogP contribution in [-0.2, 0) is 0 Å². The molecule has 0 unspecified atom stereocenters. The van der Waals surface area contributed by atoms with Crippen LogP contribution in [0.3, 0.4) is 0 Å². The molecule has 1 aliphatic carbocycles. The molecular formula is C10H12BrN3. The van der Waals surface area contributed by atoms with Gasteiger partial charge in [-0.05, 0) is 25.0 Å². The first-order valence-corrected chi connectivity index (χ1v) is 5.41. The highest BCUT2D eigenvalue weighted by molar-refractivity contribution is 9.10. The minimum absolute atomic E-state index is 0.421. The van der Waals surface area contributed by atoms with Crippen molar-refractivity contribution in [3.63, 3.8) is 0 Å². The van der Waals surface area contributed by atoms with Crippen LogP contribution < -0.4 is 10.9 Å². The molecule has 1 fully saturated rings. The van der Waals surface area contributed by atoms with Gasteiger partial charge in [-0.1, -0.05) is 28.1 Å². The third-order valence-electron chi connectivity index (χ3n) is 2.11. The number of amidine groups is 1. The molecule has 14 heavy (non-hydrogen) atoms. The number of hydrazine groups is 1. The van der Waals surface area contributed by atoms with Crippen LogP contribution in [0.1, 0.15) is 18.4 Å². The first kappa shape index (κ1) is 9.68. The molecule has 0 amide bonds. The van der Waals surface area contributed by atoms with Crippen LogP contribution in [0.4, 0.5) is 0 Å². The number of halogens is 1. The fourth-order valence-corrected chi connectivity index (χ4v) is 1.35. The Hall–Kier alpha value is -0.870. The Morgan fingerprint density at radius 3 is 2.50 bits per heavy atom. The highest BCUT2D eigenvalue weighted by Gasteiger charge is 2.20. The molecule has 3 nitrogen and oxygen atoms in total. The maximum Gasteiger partial charge on any atom is 0.139 e. The van der Waals surface area contributed by atoms with E-state index in [4.69, 9.17) is 5.41 Å². The molecule has 0 spiro atoms. The van der Waals surface area contributed by atoms with Crippen molar-refractivity contribution in [1.29, 1.82) is 5.41 Å². The summed E-state index contributed by atoms with van der Waals surface area (Å²) < 4.78 is 1.03. The summed E-state index contributed by atoms with van der Waals surface area (Å²) in [6.45, 7) is 0. The molecule has 1 aromatic carbocycles. The van der Waals surface area contributed by atoms with E-state index in [1.54, 1.807) is 0 Å². The molecule has 2 rings (SSSR count). The molecular weight excluding hydrogens is 242 g/mol. The van der Waals surface area contributed by atoms with E-state index in [1.807, 2.05) is 24.3 Å². The lowest BCUT2D eigenvalue weighted by molar-refractivity contribution is 0.646. The summed E-state index contributed by atoms with van der Waals surface area (Å²) in [5, 5.41) is 7.73. The van der Waals surface area contributed by atoms with E-state index in [2.05, 4.69) is 26.8 Å². The third kappa shape index (κ3) is 2.56. The lowest BCUT2D eigenvalue weighted by Gasteiger charge is -2.08. The van der Waals surface area contributed by atoms with Crippen molar-refractivity contribution >= 4 is 21.8 Å². The molecule has 0 heterocycles. The first-order valence-electron chi connectivity index (χ1n) is 4.62. The van der Waals surface area contributed by atoms with E-state index in [0.717, 1.165) is 10.0 Å². The Bertz CT molecular complexity index is 330. The highest BCUT2D eigenvalue weighted by Crippen LogP contribution is 2.17. The highest BCUT2D eigenvalue weighted by atomic mass is 79.9. The fraction of sp³-hybridized carbons (Fsp3) is 0.300. The molecule has 0 aromatic heterocycles. The Balaban J connectivity index is 1.92. The Morgan fingerprint density at radius 2 is 1.93 bits per heavy atom. The van der Waals surface area contributed by atoms with Crippen LogP contribution in [0.15, 0.2) is 28.7 Å². The number of hydrogen-bond donors (Lipinski definition) is 3. The van der Waals surface area contributed by atoms with Crippen LogP contribution in [0.25, 0.3) is 0 Å². The topological polar surface area (TPSA) is 47.9 Å². The molecule has 3 N–H and O–H groups in total. The second kappa shape index (κ2) is 4.11. The van der Waals surface area contributed by atoms with Crippen molar-refractivity contribution in [1.82, 2.24) is 10.9 Å². The fourth-order valence-electron chi connectivity index (χ4n) is 1.09. The van der Waals surface area contributed by atoms with Gasteiger partial charge in [0.15, 0.2) is 0 Å². The average molecular weight is 254 g/mol. The summed E-state index contributed by atoms with van der Waals surface area (Å²) in [5.41, 5.74) is 6.87. The van der Waals surface area contributed by atoms with Gasteiger partial charge < -0.3 is 5.43 Å². The average Bonchev–Trinajstić information content (AvgIpc) is 2.99. The van der Waals surface area contributed by atoms with E-state index in [9.17, 15) is 0 Å². The molecule has 0 saturated heterocycles. The van der Waals surface area contributed by atoms with Crippen molar-refractivity contribution in [2.45, 2.75) is 18.9 Å². The number of hydrogen-bond acceptors (Lipinski definition) is 2. The van der Waals surface area contributed by atoms with Gasteiger partial charge in [0.2, 0.25) is 0 Å². The van der Waals surface area contributed by atoms with E-state index in [1.165, 1.54) is 12.8 Å². The zero-order valence-electron chi connectivity index (χ0n) is 7.68. The summed E-state index contributed by atoms with van der Waals surface area (Å²) in [4.78, 5) is 0. The largest absolute Gasteiger partial charge is 0.306 e. The van der Waals surface area contributed by atoms with Gasteiger partial charge in [-0.15, -0.1) is 0 Å². The summed E-state index contributed by atoms with van der Waals surface area (Å²) in [7, 11) is 0. The molecule has 1 aromatic rings. The normalized spacial score (nSPS) is 15.2. The maximum atomic E-state index is 7.73. The second-order valence-electron chi connectivity index (χ2n) is 3.43. The van der Waals surface area contributed by atoms with Crippen molar-refractivity contribution in [2.24, 2.45) is 0 Å². The number of benzene rings is 1. The van der Waals surface area contributed by atoms with Gasteiger partial charge in [-0.2, -0.15) is 0 Å². The van der Waals surface area contributed by atoms with Crippen molar-refractivity contribution in [2.75, 3.05) is 0 Å². The van der Waals surface area contributed by atoms with Crippen LogP contribution in [0, 0.1) is 5.41 Å². The lowest BCUT2D eigenvalue weighted by atomic mass is 10.2. The monoisotopic (exact) mass is 253 g/mol. The van der Waals surface area contributed by atoms with Crippen molar-refractivity contribution < 1.29 is 0 Å². The lowest BCUT2D eigenvalue weighted by Crippen LogP contribution is -2.38. The minimum atomic E-state index is 0.421.